The van der Waals surface area contributed by atoms with Gasteiger partial charge in [0.15, 0.2) is 0 Å². The van der Waals surface area contributed by atoms with Crippen LogP contribution in [0.25, 0.3) is 0 Å². The molecule has 1 aromatic rings. The number of anilines is 1. The molecule has 1 aliphatic heterocycles. The lowest BCUT2D eigenvalue weighted by Crippen LogP contribution is -2.45. The summed E-state index contributed by atoms with van der Waals surface area (Å²) in [6, 6.07) is 8.47. The number of hydrogen-bond acceptors (Lipinski definition) is 2. The molecule has 0 saturated carbocycles. The van der Waals surface area contributed by atoms with Gasteiger partial charge < -0.3 is 10.1 Å². The lowest BCUT2D eigenvalue weighted by molar-refractivity contribution is -0.0924. The molecule has 1 aromatic carbocycles. The predicted octanol–water partition coefficient (Wildman–Crippen LogP) is 2.44. The average molecular weight is 191 g/mol. The number of nitrogens with one attached hydrogen (secondary N) is 1. The van der Waals surface area contributed by atoms with Crippen LogP contribution in [0.5, 0.6) is 0 Å². The van der Waals surface area contributed by atoms with Crippen molar-refractivity contribution in [3.63, 3.8) is 0 Å². The summed E-state index contributed by atoms with van der Waals surface area (Å²) in [5, 5.41) is 3.45. The zero-order valence-corrected chi connectivity index (χ0v) is 8.84. The van der Waals surface area contributed by atoms with Crippen molar-refractivity contribution in [1.82, 2.24) is 0 Å². The summed E-state index contributed by atoms with van der Waals surface area (Å²) >= 11 is 0. The normalized spacial score (nSPS) is 18.7. The highest BCUT2D eigenvalue weighted by Crippen LogP contribution is 2.26. The summed E-state index contributed by atoms with van der Waals surface area (Å²) in [4.78, 5) is 0. The summed E-state index contributed by atoms with van der Waals surface area (Å²) in [6.07, 6.45) is 0. The Hall–Kier alpha value is -1.02. The molecule has 1 fully saturated rings. The van der Waals surface area contributed by atoms with Crippen LogP contribution in [0, 0.1) is 12.3 Å². The van der Waals surface area contributed by atoms with E-state index in [1.807, 2.05) is 0 Å². The molecule has 2 heteroatoms. The first-order valence-corrected chi connectivity index (χ1v) is 5.06. The van der Waals surface area contributed by atoms with Gasteiger partial charge in [0.1, 0.15) is 0 Å². The molecule has 0 aliphatic carbocycles. The Bertz CT molecular complexity index is 318. The van der Waals surface area contributed by atoms with E-state index < -0.39 is 0 Å². The number of ether oxygens (including phenoxy) is 1. The Morgan fingerprint density at radius 1 is 1.43 bits per heavy atom. The maximum absolute atomic E-state index is 5.21. The molecule has 0 aromatic heterocycles. The number of aryl methyl sites for hydroxylation is 1. The quantitative estimate of drug-likeness (QED) is 0.792. The largest absolute Gasteiger partial charge is 0.384 e. The first-order valence-electron chi connectivity index (χ1n) is 5.06. The van der Waals surface area contributed by atoms with Gasteiger partial charge >= 0.3 is 0 Å². The van der Waals surface area contributed by atoms with E-state index in [-0.39, 0.29) is 0 Å². The molecule has 76 valence electrons. The molecule has 2 nitrogen and oxygen atoms in total. The third kappa shape index (κ3) is 2.07. The van der Waals surface area contributed by atoms with Gasteiger partial charge in [-0.25, -0.2) is 0 Å². The lowest BCUT2D eigenvalue weighted by atomic mass is 9.88. The molecule has 0 bridgehead atoms. The third-order valence-electron chi connectivity index (χ3n) is 2.64. The molecule has 1 N–H and O–H groups in total. The minimum atomic E-state index is 0.337. The van der Waals surface area contributed by atoms with E-state index in [0.29, 0.717) is 5.41 Å². The lowest BCUT2D eigenvalue weighted by Gasteiger charge is -2.38. The van der Waals surface area contributed by atoms with Gasteiger partial charge in [-0.05, 0) is 24.6 Å². The van der Waals surface area contributed by atoms with Gasteiger partial charge in [-0.3, -0.25) is 0 Å². The Kier molecular flexibility index (Phi) is 2.46. The molecule has 0 unspecified atom stereocenters. The van der Waals surface area contributed by atoms with Gasteiger partial charge in [0.2, 0.25) is 0 Å². The van der Waals surface area contributed by atoms with E-state index in [9.17, 15) is 0 Å². The molecule has 0 radical (unpaired) electrons. The zero-order valence-electron chi connectivity index (χ0n) is 8.84. The van der Waals surface area contributed by atoms with E-state index in [1.165, 1.54) is 11.3 Å². The Balaban J connectivity index is 1.91. The fraction of sp³-hybridized carbons (Fsp3) is 0.500. The highest BCUT2D eigenvalue weighted by Gasteiger charge is 2.32. The molecule has 2 rings (SSSR count). The van der Waals surface area contributed by atoms with Crippen molar-refractivity contribution in [2.75, 3.05) is 25.1 Å². The van der Waals surface area contributed by atoms with Crippen molar-refractivity contribution in [1.29, 1.82) is 0 Å². The van der Waals surface area contributed by atoms with Gasteiger partial charge in [-0.15, -0.1) is 0 Å². The van der Waals surface area contributed by atoms with Crippen LogP contribution in [-0.2, 0) is 4.74 Å². The molecule has 0 atom stereocenters. The summed E-state index contributed by atoms with van der Waals surface area (Å²) in [5.41, 5.74) is 2.84. The van der Waals surface area contributed by atoms with Crippen LogP contribution >= 0.6 is 0 Å². The summed E-state index contributed by atoms with van der Waals surface area (Å²) < 4.78 is 5.21. The van der Waals surface area contributed by atoms with Crippen molar-refractivity contribution in [2.24, 2.45) is 5.41 Å². The average Bonchev–Trinajstić information content (AvgIpc) is 2.12. The Labute approximate surface area is 85.3 Å². The van der Waals surface area contributed by atoms with E-state index in [4.69, 9.17) is 4.74 Å². The van der Waals surface area contributed by atoms with Crippen LogP contribution in [0.4, 0.5) is 5.69 Å². The maximum atomic E-state index is 5.21. The van der Waals surface area contributed by atoms with Crippen molar-refractivity contribution < 1.29 is 4.74 Å². The van der Waals surface area contributed by atoms with Crippen LogP contribution in [0.2, 0.25) is 0 Å². The molecular weight excluding hydrogens is 174 g/mol. The number of rotatable bonds is 3. The van der Waals surface area contributed by atoms with Crippen LogP contribution in [-0.4, -0.2) is 19.8 Å². The molecule has 1 aliphatic rings. The van der Waals surface area contributed by atoms with Gasteiger partial charge in [0.25, 0.3) is 0 Å². The minimum Gasteiger partial charge on any atom is -0.384 e. The van der Waals surface area contributed by atoms with Gasteiger partial charge in [-0.1, -0.05) is 19.1 Å². The Morgan fingerprint density at radius 3 is 2.79 bits per heavy atom. The van der Waals surface area contributed by atoms with Crippen molar-refractivity contribution in [3.8, 4) is 0 Å². The standard InChI is InChI=1S/C12H17NO/c1-10-4-3-5-11(6-10)13-7-12(2)8-14-9-12/h3-6,13H,7-9H2,1-2H3. The number of hydrogen-bond donors (Lipinski definition) is 1. The monoisotopic (exact) mass is 191 g/mol. The van der Waals surface area contributed by atoms with E-state index >= 15 is 0 Å². The van der Waals surface area contributed by atoms with Crippen molar-refractivity contribution in [3.05, 3.63) is 29.8 Å². The SMILES string of the molecule is Cc1cccc(NCC2(C)COC2)c1. The summed E-state index contributed by atoms with van der Waals surface area (Å²) in [5.74, 6) is 0. The number of benzene rings is 1. The highest BCUT2D eigenvalue weighted by molar-refractivity contribution is 5.45. The maximum Gasteiger partial charge on any atom is 0.0559 e. The molecule has 0 spiro atoms. The first-order chi connectivity index (χ1) is 6.68. The van der Waals surface area contributed by atoms with Gasteiger partial charge in [0, 0.05) is 17.6 Å². The fourth-order valence-electron chi connectivity index (χ4n) is 1.62. The van der Waals surface area contributed by atoms with Gasteiger partial charge in [0.05, 0.1) is 13.2 Å². The summed E-state index contributed by atoms with van der Waals surface area (Å²) in [6.45, 7) is 7.12. The Morgan fingerprint density at radius 2 is 2.21 bits per heavy atom. The zero-order chi connectivity index (χ0) is 10.0. The third-order valence-corrected chi connectivity index (χ3v) is 2.64. The predicted molar refractivity (Wildman–Crippen MR) is 58.6 cm³/mol. The molecule has 14 heavy (non-hydrogen) atoms. The molecule has 0 amide bonds. The van der Waals surface area contributed by atoms with E-state index in [1.54, 1.807) is 0 Å². The van der Waals surface area contributed by atoms with Crippen LogP contribution in [0.1, 0.15) is 12.5 Å². The van der Waals surface area contributed by atoms with Crippen molar-refractivity contribution in [2.45, 2.75) is 13.8 Å². The molecular formula is C12H17NO. The second kappa shape index (κ2) is 3.62. The molecule has 1 heterocycles. The second-order valence-corrected chi connectivity index (χ2v) is 4.53. The van der Waals surface area contributed by atoms with Crippen LogP contribution in [0.15, 0.2) is 24.3 Å². The smallest absolute Gasteiger partial charge is 0.0559 e. The minimum absolute atomic E-state index is 0.337. The second-order valence-electron chi connectivity index (χ2n) is 4.53. The van der Waals surface area contributed by atoms with E-state index in [0.717, 1.165) is 19.8 Å². The summed E-state index contributed by atoms with van der Waals surface area (Å²) in [7, 11) is 0. The fourth-order valence-corrected chi connectivity index (χ4v) is 1.62. The van der Waals surface area contributed by atoms with E-state index in [2.05, 4.69) is 43.4 Å². The van der Waals surface area contributed by atoms with Crippen LogP contribution in [0.3, 0.4) is 0 Å². The first kappa shape index (κ1) is 9.53. The van der Waals surface area contributed by atoms with Gasteiger partial charge in [-0.2, -0.15) is 0 Å². The van der Waals surface area contributed by atoms with Crippen LogP contribution < -0.4 is 5.32 Å². The molecule has 1 saturated heterocycles. The van der Waals surface area contributed by atoms with Crippen molar-refractivity contribution >= 4 is 5.69 Å². The topological polar surface area (TPSA) is 21.3 Å². The highest BCUT2D eigenvalue weighted by atomic mass is 16.5.